The van der Waals surface area contributed by atoms with Crippen LogP contribution in [0.25, 0.3) is 11.0 Å². The van der Waals surface area contributed by atoms with E-state index in [1.54, 1.807) is 18.2 Å². The van der Waals surface area contributed by atoms with Crippen molar-refractivity contribution in [1.82, 2.24) is 4.90 Å². The van der Waals surface area contributed by atoms with E-state index in [0.29, 0.717) is 11.5 Å². The first kappa shape index (κ1) is 20.6. The van der Waals surface area contributed by atoms with Crippen molar-refractivity contribution in [2.75, 3.05) is 6.54 Å². The van der Waals surface area contributed by atoms with E-state index in [4.69, 9.17) is 4.42 Å². The van der Waals surface area contributed by atoms with Crippen molar-refractivity contribution in [3.05, 3.63) is 46.3 Å². The second-order valence-corrected chi connectivity index (χ2v) is 7.21. The number of guanidine groups is 1. The Morgan fingerprint density at radius 3 is 2.41 bits per heavy atom. The van der Waals surface area contributed by atoms with Gasteiger partial charge in [0.2, 0.25) is 5.96 Å². The zero-order chi connectivity index (χ0) is 20.1. The number of Topliss-reactive ketones (excluding diaryl/α,β-unsaturated/α-hetero) is 1. The van der Waals surface area contributed by atoms with Gasteiger partial charge in [-0.2, -0.15) is 0 Å². The summed E-state index contributed by atoms with van der Waals surface area (Å²) in [5, 5.41) is 0.718. The lowest BCUT2D eigenvalue weighted by Gasteiger charge is -2.27. The fourth-order valence-electron chi connectivity index (χ4n) is 2.58. The summed E-state index contributed by atoms with van der Waals surface area (Å²) in [7, 11) is 0. The van der Waals surface area contributed by atoms with Gasteiger partial charge in [0.15, 0.2) is 5.78 Å². The molecule has 0 bridgehead atoms. The van der Waals surface area contributed by atoms with Gasteiger partial charge in [0, 0.05) is 23.2 Å². The first-order chi connectivity index (χ1) is 12.7. The van der Waals surface area contributed by atoms with Gasteiger partial charge in [-0.05, 0) is 53.7 Å². The minimum atomic E-state index is -0.625. The molecule has 6 nitrogen and oxygen atoms in total. The highest BCUT2D eigenvalue weighted by atomic mass is 16.4. The van der Waals surface area contributed by atoms with E-state index >= 15 is 0 Å². The minimum Gasteiger partial charge on any atom is -0.422 e. The summed E-state index contributed by atoms with van der Waals surface area (Å²) < 4.78 is 5.29. The quantitative estimate of drug-likeness (QED) is 0.346. The lowest BCUT2D eigenvalue weighted by molar-refractivity contribution is 0.0948. The third kappa shape index (κ3) is 5.36. The molecule has 27 heavy (non-hydrogen) atoms. The number of hydrogen-bond donors (Lipinski definition) is 0. The lowest BCUT2D eigenvalue weighted by Crippen LogP contribution is -2.41. The third-order valence-corrected chi connectivity index (χ3v) is 3.83. The number of hydrogen-bond acceptors (Lipinski definition) is 4. The summed E-state index contributed by atoms with van der Waals surface area (Å²) in [6, 6.07) is 8.75. The minimum absolute atomic E-state index is 0.00308. The SMILES string of the molecule is CC(C)=NC(=NC(C)C)N(CC(=O)c1cc2ccccc2oc1=O)C(C)C. The van der Waals surface area contributed by atoms with Crippen LogP contribution in [0.15, 0.2) is 49.5 Å². The van der Waals surface area contributed by atoms with Crippen LogP contribution in [0.1, 0.15) is 51.9 Å². The molecule has 0 aliphatic carbocycles. The summed E-state index contributed by atoms with van der Waals surface area (Å²) in [6.45, 7) is 11.6. The molecular weight excluding hydrogens is 342 g/mol. The molecule has 0 saturated carbocycles. The predicted molar refractivity (Wildman–Crippen MR) is 110 cm³/mol. The molecule has 0 radical (unpaired) electrons. The summed E-state index contributed by atoms with van der Waals surface area (Å²) in [6.07, 6.45) is 0. The number of fused-ring (bicyclic) bond motifs is 1. The highest BCUT2D eigenvalue weighted by molar-refractivity contribution is 6.02. The Morgan fingerprint density at radius 1 is 1.15 bits per heavy atom. The highest BCUT2D eigenvalue weighted by Crippen LogP contribution is 2.14. The van der Waals surface area contributed by atoms with Crippen LogP contribution in [0.5, 0.6) is 0 Å². The Hall–Kier alpha value is -2.76. The lowest BCUT2D eigenvalue weighted by atomic mass is 10.1. The van der Waals surface area contributed by atoms with Crippen LogP contribution in [-0.4, -0.2) is 41.0 Å². The molecule has 0 amide bonds. The van der Waals surface area contributed by atoms with Gasteiger partial charge >= 0.3 is 5.63 Å². The summed E-state index contributed by atoms with van der Waals surface area (Å²) in [4.78, 5) is 36.0. The molecule has 0 fully saturated rings. The number of benzene rings is 1. The number of aliphatic imine (C=N–C) groups is 2. The number of carbonyl (C=O) groups excluding carboxylic acids is 1. The van der Waals surface area contributed by atoms with Crippen molar-refractivity contribution in [1.29, 1.82) is 0 Å². The molecule has 0 unspecified atom stereocenters. The molecule has 0 aliphatic heterocycles. The first-order valence-electron chi connectivity index (χ1n) is 9.11. The fourth-order valence-corrected chi connectivity index (χ4v) is 2.58. The Bertz CT molecular complexity index is 935. The standard InChI is InChI=1S/C21H27N3O3/c1-13(2)22-21(23-14(3)4)24(15(5)6)12-18(25)17-11-16-9-7-8-10-19(16)27-20(17)26/h7-11,13,15H,12H2,1-6H3. The van der Waals surface area contributed by atoms with Gasteiger partial charge in [-0.1, -0.05) is 18.2 Å². The van der Waals surface area contributed by atoms with Crippen molar-refractivity contribution >= 4 is 28.4 Å². The van der Waals surface area contributed by atoms with Gasteiger partial charge in [-0.25, -0.2) is 14.8 Å². The average molecular weight is 369 g/mol. The molecule has 144 valence electrons. The number of rotatable bonds is 5. The number of nitrogens with zero attached hydrogens (tertiary/aromatic N) is 3. The van der Waals surface area contributed by atoms with E-state index in [9.17, 15) is 9.59 Å². The van der Waals surface area contributed by atoms with E-state index in [1.807, 2.05) is 58.6 Å². The maximum absolute atomic E-state index is 12.9. The molecular formula is C21H27N3O3. The second-order valence-electron chi connectivity index (χ2n) is 7.21. The van der Waals surface area contributed by atoms with Gasteiger partial charge < -0.3 is 9.32 Å². The maximum Gasteiger partial charge on any atom is 0.347 e. The normalized spacial score (nSPS) is 11.9. The third-order valence-electron chi connectivity index (χ3n) is 3.83. The molecule has 0 spiro atoms. The molecule has 1 aromatic heterocycles. The summed E-state index contributed by atoms with van der Waals surface area (Å²) in [5.41, 5.74) is 0.728. The van der Waals surface area contributed by atoms with E-state index in [1.165, 1.54) is 0 Å². The molecule has 1 heterocycles. The largest absolute Gasteiger partial charge is 0.422 e. The van der Waals surface area contributed by atoms with Gasteiger partial charge in [-0.15, -0.1) is 0 Å². The molecule has 0 aliphatic rings. The van der Waals surface area contributed by atoms with Crippen LogP contribution in [0.4, 0.5) is 0 Å². The fraction of sp³-hybridized carbons (Fsp3) is 0.429. The van der Waals surface area contributed by atoms with Crippen LogP contribution >= 0.6 is 0 Å². The van der Waals surface area contributed by atoms with Crippen molar-refractivity contribution in [2.24, 2.45) is 9.98 Å². The number of ketones is 1. The van der Waals surface area contributed by atoms with Crippen LogP contribution in [0.3, 0.4) is 0 Å². The van der Waals surface area contributed by atoms with Crippen molar-refractivity contribution in [3.63, 3.8) is 0 Å². The molecule has 0 atom stereocenters. The Kier molecular flexibility index (Phi) is 6.66. The van der Waals surface area contributed by atoms with E-state index in [-0.39, 0.29) is 30.0 Å². The smallest absolute Gasteiger partial charge is 0.347 e. The topological polar surface area (TPSA) is 75.2 Å². The molecule has 0 N–H and O–H groups in total. The van der Waals surface area contributed by atoms with Gasteiger partial charge in [0.1, 0.15) is 11.1 Å². The molecule has 2 rings (SSSR count). The van der Waals surface area contributed by atoms with Crippen LogP contribution in [-0.2, 0) is 0 Å². The summed E-state index contributed by atoms with van der Waals surface area (Å²) in [5.74, 6) is 0.183. The maximum atomic E-state index is 12.9. The van der Waals surface area contributed by atoms with Gasteiger partial charge in [-0.3, -0.25) is 4.79 Å². The second kappa shape index (κ2) is 8.75. The Morgan fingerprint density at radius 2 is 1.81 bits per heavy atom. The molecule has 2 aromatic rings. The van der Waals surface area contributed by atoms with E-state index < -0.39 is 5.63 Å². The molecule has 1 aromatic carbocycles. The Labute approximate surface area is 159 Å². The van der Waals surface area contributed by atoms with Gasteiger partial charge in [0.25, 0.3) is 0 Å². The van der Waals surface area contributed by atoms with Crippen molar-refractivity contribution < 1.29 is 9.21 Å². The predicted octanol–water partition coefficient (Wildman–Crippen LogP) is 3.93. The number of para-hydroxylation sites is 1. The van der Waals surface area contributed by atoms with Crippen molar-refractivity contribution in [2.45, 2.75) is 53.6 Å². The van der Waals surface area contributed by atoms with Crippen LogP contribution in [0, 0.1) is 0 Å². The van der Waals surface area contributed by atoms with Gasteiger partial charge in [0.05, 0.1) is 6.54 Å². The Balaban J connectivity index is 2.41. The monoisotopic (exact) mass is 369 g/mol. The highest BCUT2D eigenvalue weighted by Gasteiger charge is 2.22. The zero-order valence-electron chi connectivity index (χ0n) is 16.8. The van der Waals surface area contributed by atoms with Crippen LogP contribution < -0.4 is 5.63 Å². The van der Waals surface area contributed by atoms with Crippen molar-refractivity contribution in [3.8, 4) is 0 Å². The van der Waals surface area contributed by atoms with E-state index in [2.05, 4.69) is 9.98 Å². The average Bonchev–Trinajstić information content (AvgIpc) is 2.57. The molecule has 0 saturated heterocycles. The summed E-state index contributed by atoms with van der Waals surface area (Å²) >= 11 is 0. The number of carbonyl (C=O) groups is 1. The van der Waals surface area contributed by atoms with E-state index in [0.717, 1.165) is 11.1 Å². The molecule has 6 heteroatoms. The first-order valence-corrected chi connectivity index (χ1v) is 9.11. The zero-order valence-corrected chi connectivity index (χ0v) is 16.8. The van der Waals surface area contributed by atoms with Crippen LogP contribution in [0.2, 0.25) is 0 Å².